The summed E-state index contributed by atoms with van der Waals surface area (Å²) >= 11 is 0. The fourth-order valence-electron chi connectivity index (χ4n) is 1.26. The van der Waals surface area contributed by atoms with Crippen molar-refractivity contribution in [2.24, 2.45) is 0 Å². The van der Waals surface area contributed by atoms with Gasteiger partial charge in [0.25, 0.3) is 0 Å². The number of rotatable bonds is 4. The summed E-state index contributed by atoms with van der Waals surface area (Å²) in [4.78, 5) is 1.90. The molecule has 2 nitrogen and oxygen atoms in total. The lowest BCUT2D eigenvalue weighted by Gasteiger charge is -2.14. The lowest BCUT2D eigenvalue weighted by Crippen LogP contribution is -2.14. The summed E-state index contributed by atoms with van der Waals surface area (Å²) in [7, 11) is 3.82. The van der Waals surface area contributed by atoms with Gasteiger partial charge in [-0.05, 0) is 30.3 Å². The largest absolute Gasteiger partial charge is 0.378 e. The lowest BCUT2D eigenvalue weighted by molar-refractivity contribution is 0.621. The highest BCUT2D eigenvalue weighted by Crippen LogP contribution is 2.16. The van der Waals surface area contributed by atoms with Gasteiger partial charge in [0.1, 0.15) is 5.82 Å². The molecule has 0 atom stereocenters. The van der Waals surface area contributed by atoms with E-state index in [-0.39, 0.29) is 5.82 Å². The van der Waals surface area contributed by atoms with Crippen LogP contribution in [0.5, 0.6) is 0 Å². The zero-order valence-corrected chi connectivity index (χ0v) is 8.97. The molecule has 0 aliphatic heterocycles. The Bertz CT molecular complexity index is 297. The minimum atomic E-state index is -0.177. The second-order valence-corrected chi connectivity index (χ2v) is 3.49. The molecule has 3 heteroatoms. The molecule has 0 fully saturated rings. The molecular weight excluding hydrogens is 179 g/mol. The summed E-state index contributed by atoms with van der Waals surface area (Å²) in [6.45, 7) is 3.65. The Morgan fingerprint density at radius 3 is 2.57 bits per heavy atom. The van der Waals surface area contributed by atoms with Crippen molar-refractivity contribution in [2.45, 2.75) is 13.5 Å². The number of nitrogens with one attached hydrogen (secondary N) is 1. The van der Waals surface area contributed by atoms with Gasteiger partial charge in [-0.3, -0.25) is 0 Å². The summed E-state index contributed by atoms with van der Waals surface area (Å²) in [6, 6.07) is 5.09. The van der Waals surface area contributed by atoms with Crippen molar-refractivity contribution >= 4 is 5.69 Å². The van der Waals surface area contributed by atoms with Crippen LogP contribution in [0.1, 0.15) is 12.5 Å². The number of hydrogen-bond acceptors (Lipinski definition) is 2. The normalized spacial score (nSPS) is 10.3. The maximum atomic E-state index is 13.2. The molecule has 0 aliphatic rings. The van der Waals surface area contributed by atoms with Crippen molar-refractivity contribution in [3.63, 3.8) is 0 Å². The van der Waals surface area contributed by atoms with Crippen molar-refractivity contribution in [1.29, 1.82) is 0 Å². The van der Waals surface area contributed by atoms with E-state index in [0.29, 0.717) is 0 Å². The monoisotopic (exact) mass is 196 g/mol. The molecule has 1 rings (SSSR count). The van der Waals surface area contributed by atoms with Crippen molar-refractivity contribution in [3.05, 3.63) is 29.6 Å². The summed E-state index contributed by atoms with van der Waals surface area (Å²) in [6.07, 6.45) is 0. The maximum absolute atomic E-state index is 13.2. The maximum Gasteiger partial charge on any atom is 0.125 e. The molecule has 0 heterocycles. The van der Waals surface area contributed by atoms with Crippen LogP contribution in [0, 0.1) is 5.82 Å². The smallest absolute Gasteiger partial charge is 0.125 e. The van der Waals surface area contributed by atoms with Crippen LogP contribution in [0.3, 0.4) is 0 Å². The van der Waals surface area contributed by atoms with Crippen LogP contribution in [0.15, 0.2) is 18.2 Å². The van der Waals surface area contributed by atoms with Crippen LogP contribution in [-0.2, 0) is 6.54 Å². The van der Waals surface area contributed by atoms with Crippen LogP contribution >= 0.6 is 0 Å². The van der Waals surface area contributed by atoms with E-state index in [4.69, 9.17) is 0 Å². The van der Waals surface area contributed by atoms with Crippen LogP contribution in [-0.4, -0.2) is 20.6 Å². The first-order chi connectivity index (χ1) is 6.63. The number of nitrogens with zero attached hydrogens (tertiary/aromatic N) is 1. The standard InChI is InChI=1S/C11H17FN2/c1-4-13-8-9-5-10(12)7-11(6-9)14(2)3/h5-7,13H,4,8H2,1-3H3. The van der Waals surface area contributed by atoms with E-state index in [2.05, 4.69) is 5.32 Å². The van der Waals surface area contributed by atoms with Gasteiger partial charge < -0.3 is 10.2 Å². The molecule has 0 aromatic heterocycles. The van der Waals surface area contributed by atoms with Gasteiger partial charge in [-0.25, -0.2) is 4.39 Å². The molecule has 0 bridgehead atoms. The predicted octanol–water partition coefficient (Wildman–Crippen LogP) is 2.00. The van der Waals surface area contributed by atoms with Crippen LogP contribution in [0.2, 0.25) is 0 Å². The topological polar surface area (TPSA) is 15.3 Å². The van der Waals surface area contributed by atoms with E-state index in [9.17, 15) is 4.39 Å². The third kappa shape index (κ3) is 3.00. The Balaban J connectivity index is 2.84. The lowest BCUT2D eigenvalue weighted by atomic mass is 10.2. The Kier molecular flexibility index (Phi) is 3.89. The highest BCUT2D eigenvalue weighted by Gasteiger charge is 2.01. The highest BCUT2D eigenvalue weighted by atomic mass is 19.1. The fourth-order valence-corrected chi connectivity index (χ4v) is 1.26. The first-order valence-corrected chi connectivity index (χ1v) is 4.81. The van der Waals surface area contributed by atoms with Gasteiger partial charge in [-0.15, -0.1) is 0 Å². The molecule has 0 radical (unpaired) electrons. The molecule has 1 N–H and O–H groups in total. The third-order valence-electron chi connectivity index (χ3n) is 2.04. The number of anilines is 1. The number of hydrogen-bond donors (Lipinski definition) is 1. The van der Waals surface area contributed by atoms with E-state index < -0.39 is 0 Å². The summed E-state index contributed by atoms with van der Waals surface area (Å²) in [5.74, 6) is -0.177. The second-order valence-electron chi connectivity index (χ2n) is 3.49. The van der Waals surface area contributed by atoms with Gasteiger partial charge >= 0.3 is 0 Å². The first kappa shape index (κ1) is 11.0. The zero-order valence-electron chi connectivity index (χ0n) is 8.97. The van der Waals surface area contributed by atoms with Crippen LogP contribution in [0.25, 0.3) is 0 Å². The quantitative estimate of drug-likeness (QED) is 0.792. The molecule has 0 spiro atoms. The summed E-state index contributed by atoms with van der Waals surface area (Å²) in [5.41, 5.74) is 1.88. The fraction of sp³-hybridized carbons (Fsp3) is 0.455. The van der Waals surface area contributed by atoms with E-state index in [1.54, 1.807) is 6.07 Å². The third-order valence-corrected chi connectivity index (χ3v) is 2.04. The molecule has 1 aromatic rings. The molecule has 0 aliphatic carbocycles. The van der Waals surface area contributed by atoms with Gasteiger partial charge in [0, 0.05) is 26.3 Å². The van der Waals surface area contributed by atoms with Gasteiger partial charge in [0.15, 0.2) is 0 Å². The predicted molar refractivity (Wildman–Crippen MR) is 58.1 cm³/mol. The van der Waals surface area contributed by atoms with E-state index >= 15 is 0 Å². The van der Waals surface area contributed by atoms with Crippen LogP contribution in [0.4, 0.5) is 10.1 Å². The van der Waals surface area contributed by atoms with Gasteiger partial charge in [-0.2, -0.15) is 0 Å². The van der Waals surface area contributed by atoms with Crippen molar-refractivity contribution < 1.29 is 4.39 Å². The Morgan fingerprint density at radius 1 is 1.29 bits per heavy atom. The zero-order chi connectivity index (χ0) is 10.6. The average molecular weight is 196 g/mol. The SMILES string of the molecule is CCNCc1cc(F)cc(N(C)C)c1. The molecule has 78 valence electrons. The van der Waals surface area contributed by atoms with Gasteiger partial charge in [0.05, 0.1) is 0 Å². The molecule has 0 saturated carbocycles. The Hall–Kier alpha value is -1.09. The number of benzene rings is 1. The minimum absolute atomic E-state index is 0.177. The molecule has 1 aromatic carbocycles. The molecule has 0 unspecified atom stereocenters. The van der Waals surface area contributed by atoms with E-state index in [1.165, 1.54) is 6.07 Å². The summed E-state index contributed by atoms with van der Waals surface area (Å²) in [5, 5.41) is 3.17. The van der Waals surface area contributed by atoms with Crippen molar-refractivity contribution in [1.82, 2.24) is 5.32 Å². The van der Waals surface area contributed by atoms with Crippen molar-refractivity contribution in [3.8, 4) is 0 Å². The molecular formula is C11H17FN2. The average Bonchev–Trinajstić information content (AvgIpc) is 2.14. The molecule has 14 heavy (non-hydrogen) atoms. The highest BCUT2D eigenvalue weighted by molar-refractivity contribution is 5.47. The number of halogens is 1. The van der Waals surface area contributed by atoms with Crippen molar-refractivity contribution in [2.75, 3.05) is 25.5 Å². The van der Waals surface area contributed by atoms with Crippen LogP contribution < -0.4 is 10.2 Å². The molecule has 0 amide bonds. The second kappa shape index (κ2) is 4.96. The van der Waals surface area contributed by atoms with E-state index in [0.717, 1.165) is 24.3 Å². The molecule has 0 saturated heterocycles. The van der Waals surface area contributed by atoms with Gasteiger partial charge in [-0.1, -0.05) is 6.92 Å². The first-order valence-electron chi connectivity index (χ1n) is 4.81. The Labute approximate surface area is 84.7 Å². The van der Waals surface area contributed by atoms with E-state index in [1.807, 2.05) is 32.0 Å². The Morgan fingerprint density at radius 2 is 2.00 bits per heavy atom. The van der Waals surface area contributed by atoms with Gasteiger partial charge in [0.2, 0.25) is 0 Å². The summed E-state index contributed by atoms with van der Waals surface area (Å²) < 4.78 is 13.2. The minimum Gasteiger partial charge on any atom is -0.378 e.